The fourth-order valence-electron chi connectivity index (χ4n) is 2.07. The summed E-state index contributed by atoms with van der Waals surface area (Å²) in [6.07, 6.45) is 1.85. The van der Waals surface area contributed by atoms with Crippen LogP contribution >= 0.6 is 27.5 Å². The average molecular weight is 335 g/mol. The minimum absolute atomic E-state index is 0.0897. The van der Waals surface area contributed by atoms with Crippen LogP contribution < -0.4 is 5.32 Å². The Morgan fingerprint density at radius 2 is 2.00 bits per heavy atom. The third-order valence-corrected chi connectivity index (χ3v) is 3.65. The van der Waals surface area contributed by atoms with Gasteiger partial charge in [0.2, 0.25) is 0 Å². The largest absolute Gasteiger partial charge is 0.321 e. The van der Waals surface area contributed by atoms with Crippen LogP contribution in [0.1, 0.15) is 11.1 Å². The van der Waals surface area contributed by atoms with E-state index >= 15 is 0 Å². The fraction of sp³-hybridized carbons (Fsp3) is 0. The Morgan fingerprint density at radius 1 is 1.16 bits per heavy atom. The Balaban J connectivity index is 2.11. The summed E-state index contributed by atoms with van der Waals surface area (Å²) in [5.41, 5.74) is 3.30. The second kappa shape index (κ2) is 4.83. The number of fused-ring (bicyclic) bond motifs is 1. The van der Waals surface area contributed by atoms with Crippen molar-refractivity contribution >= 4 is 50.8 Å². The van der Waals surface area contributed by atoms with Crippen LogP contribution in [0.25, 0.3) is 11.6 Å². The van der Waals surface area contributed by atoms with Gasteiger partial charge in [0.1, 0.15) is 0 Å². The van der Waals surface area contributed by atoms with Crippen molar-refractivity contribution in [1.29, 1.82) is 0 Å². The maximum absolute atomic E-state index is 12.0. The standard InChI is InChI=1S/C15H9BrClNO/c16-10-4-5-14-12(8-10)13(15(19)18-14)7-9-2-1-3-11(17)6-9/h1-8H,(H,18,19)/b13-7-. The molecule has 0 spiro atoms. The molecule has 1 N–H and O–H groups in total. The number of benzene rings is 2. The van der Waals surface area contributed by atoms with E-state index in [4.69, 9.17) is 11.6 Å². The molecule has 0 saturated heterocycles. The summed E-state index contributed by atoms with van der Waals surface area (Å²) in [5.74, 6) is -0.0897. The summed E-state index contributed by atoms with van der Waals surface area (Å²) in [4.78, 5) is 12.0. The van der Waals surface area contributed by atoms with Gasteiger partial charge in [0.05, 0.1) is 0 Å². The number of rotatable bonds is 1. The van der Waals surface area contributed by atoms with E-state index in [0.29, 0.717) is 10.6 Å². The number of anilines is 1. The number of carbonyl (C=O) groups excluding carboxylic acids is 1. The molecule has 2 aromatic rings. The molecule has 1 aliphatic rings. The van der Waals surface area contributed by atoms with Gasteiger partial charge in [0.15, 0.2) is 0 Å². The molecule has 2 nitrogen and oxygen atoms in total. The molecule has 0 aromatic heterocycles. The fourth-order valence-corrected chi connectivity index (χ4v) is 2.63. The van der Waals surface area contributed by atoms with Crippen molar-refractivity contribution in [2.45, 2.75) is 0 Å². The minimum atomic E-state index is -0.0897. The van der Waals surface area contributed by atoms with Gasteiger partial charge >= 0.3 is 0 Å². The van der Waals surface area contributed by atoms with Gasteiger partial charge in [0, 0.05) is 26.3 Å². The number of halogens is 2. The Hall–Kier alpha value is -1.58. The first-order valence-corrected chi connectivity index (χ1v) is 6.89. The summed E-state index contributed by atoms with van der Waals surface area (Å²) in [5, 5.41) is 3.50. The molecule has 4 heteroatoms. The lowest BCUT2D eigenvalue weighted by atomic mass is 10.0. The van der Waals surface area contributed by atoms with E-state index in [1.807, 2.05) is 48.5 Å². The Labute approximate surface area is 124 Å². The Bertz CT molecular complexity index is 709. The molecule has 0 atom stereocenters. The smallest absolute Gasteiger partial charge is 0.256 e. The highest BCUT2D eigenvalue weighted by molar-refractivity contribution is 9.10. The highest BCUT2D eigenvalue weighted by Crippen LogP contribution is 2.35. The van der Waals surface area contributed by atoms with Crippen molar-refractivity contribution in [1.82, 2.24) is 0 Å². The third-order valence-electron chi connectivity index (χ3n) is 2.92. The zero-order chi connectivity index (χ0) is 13.4. The van der Waals surface area contributed by atoms with Gasteiger partial charge in [-0.3, -0.25) is 4.79 Å². The second-order valence-electron chi connectivity index (χ2n) is 4.26. The van der Waals surface area contributed by atoms with Crippen LogP contribution in [0.3, 0.4) is 0 Å². The highest BCUT2D eigenvalue weighted by Gasteiger charge is 2.23. The lowest BCUT2D eigenvalue weighted by Gasteiger charge is -2.00. The van der Waals surface area contributed by atoms with Crippen LogP contribution in [-0.2, 0) is 4.79 Å². The number of carbonyl (C=O) groups is 1. The normalized spacial score (nSPS) is 15.5. The predicted molar refractivity (Wildman–Crippen MR) is 82.1 cm³/mol. The average Bonchev–Trinajstić information content (AvgIpc) is 2.66. The highest BCUT2D eigenvalue weighted by atomic mass is 79.9. The summed E-state index contributed by atoms with van der Waals surface area (Å²) in [6.45, 7) is 0. The van der Waals surface area contributed by atoms with Crippen LogP contribution in [0.2, 0.25) is 5.02 Å². The quantitative estimate of drug-likeness (QED) is 0.759. The predicted octanol–water partition coefficient (Wildman–Crippen LogP) is 4.60. The van der Waals surface area contributed by atoms with Crippen molar-refractivity contribution in [3.05, 3.63) is 63.1 Å². The van der Waals surface area contributed by atoms with E-state index in [1.165, 1.54) is 0 Å². The molecule has 0 radical (unpaired) electrons. The van der Waals surface area contributed by atoms with Crippen LogP contribution in [-0.4, -0.2) is 5.91 Å². The zero-order valence-corrected chi connectivity index (χ0v) is 12.1. The second-order valence-corrected chi connectivity index (χ2v) is 5.61. The van der Waals surface area contributed by atoms with Crippen molar-refractivity contribution in [2.75, 3.05) is 5.32 Å². The Kier molecular flexibility index (Phi) is 3.17. The van der Waals surface area contributed by atoms with E-state index in [9.17, 15) is 4.79 Å². The lowest BCUT2D eigenvalue weighted by Crippen LogP contribution is -2.03. The first-order chi connectivity index (χ1) is 9.13. The molecule has 0 saturated carbocycles. The minimum Gasteiger partial charge on any atom is -0.321 e. The molecule has 3 rings (SSSR count). The Morgan fingerprint density at radius 3 is 2.79 bits per heavy atom. The van der Waals surface area contributed by atoms with Crippen molar-refractivity contribution < 1.29 is 4.79 Å². The summed E-state index contributed by atoms with van der Waals surface area (Å²) < 4.78 is 0.944. The SMILES string of the molecule is O=C1Nc2ccc(Br)cc2/C1=C/c1cccc(Cl)c1. The molecule has 2 aromatic carbocycles. The van der Waals surface area contributed by atoms with Gasteiger partial charge in [-0.2, -0.15) is 0 Å². The number of hydrogen-bond donors (Lipinski definition) is 1. The van der Waals surface area contributed by atoms with E-state index < -0.39 is 0 Å². The number of amides is 1. The van der Waals surface area contributed by atoms with E-state index in [-0.39, 0.29) is 5.91 Å². The van der Waals surface area contributed by atoms with Gasteiger partial charge in [-0.1, -0.05) is 39.7 Å². The van der Waals surface area contributed by atoms with Crippen molar-refractivity contribution in [3.8, 4) is 0 Å². The topological polar surface area (TPSA) is 29.1 Å². The van der Waals surface area contributed by atoms with Crippen LogP contribution in [0.5, 0.6) is 0 Å². The van der Waals surface area contributed by atoms with Gasteiger partial charge in [-0.05, 0) is 42.0 Å². The van der Waals surface area contributed by atoms with E-state index in [0.717, 1.165) is 21.3 Å². The van der Waals surface area contributed by atoms with Gasteiger partial charge in [0.25, 0.3) is 5.91 Å². The molecule has 0 unspecified atom stereocenters. The van der Waals surface area contributed by atoms with Crippen LogP contribution in [0.15, 0.2) is 46.9 Å². The number of hydrogen-bond acceptors (Lipinski definition) is 1. The molecule has 1 heterocycles. The summed E-state index contributed by atoms with van der Waals surface area (Å²) >= 11 is 9.38. The first kappa shape index (κ1) is 12.5. The molecular weight excluding hydrogens is 326 g/mol. The first-order valence-electron chi connectivity index (χ1n) is 5.72. The van der Waals surface area contributed by atoms with Crippen LogP contribution in [0.4, 0.5) is 5.69 Å². The molecule has 1 aliphatic heterocycles. The van der Waals surface area contributed by atoms with Crippen molar-refractivity contribution in [2.24, 2.45) is 0 Å². The van der Waals surface area contributed by atoms with E-state index in [1.54, 1.807) is 0 Å². The number of nitrogens with one attached hydrogen (secondary N) is 1. The van der Waals surface area contributed by atoms with Gasteiger partial charge in [-0.15, -0.1) is 0 Å². The van der Waals surface area contributed by atoms with E-state index in [2.05, 4.69) is 21.2 Å². The molecule has 19 heavy (non-hydrogen) atoms. The summed E-state index contributed by atoms with van der Waals surface area (Å²) in [7, 11) is 0. The molecule has 0 aliphatic carbocycles. The molecule has 1 amide bonds. The molecular formula is C15H9BrClNO. The van der Waals surface area contributed by atoms with Gasteiger partial charge in [-0.25, -0.2) is 0 Å². The maximum atomic E-state index is 12.0. The zero-order valence-electron chi connectivity index (χ0n) is 9.78. The monoisotopic (exact) mass is 333 g/mol. The molecule has 0 fully saturated rings. The summed E-state index contributed by atoms with van der Waals surface area (Å²) in [6, 6.07) is 13.1. The van der Waals surface area contributed by atoms with Crippen molar-refractivity contribution in [3.63, 3.8) is 0 Å². The third kappa shape index (κ3) is 2.44. The van der Waals surface area contributed by atoms with Crippen LogP contribution in [0, 0.1) is 0 Å². The molecule has 94 valence electrons. The lowest BCUT2D eigenvalue weighted by molar-refractivity contribution is -0.110. The van der Waals surface area contributed by atoms with Gasteiger partial charge < -0.3 is 5.32 Å². The molecule has 0 bridgehead atoms. The maximum Gasteiger partial charge on any atom is 0.256 e.